The number of nitrogens with one attached hydrogen (secondary N) is 1. The molecule has 0 bridgehead atoms. The molecule has 0 aliphatic rings. The third kappa shape index (κ3) is 4.55. The van der Waals surface area contributed by atoms with E-state index in [9.17, 15) is 0 Å². The summed E-state index contributed by atoms with van der Waals surface area (Å²) in [4.78, 5) is 0. The molecule has 2 rings (SSSR count). The molecule has 0 saturated carbocycles. The van der Waals surface area contributed by atoms with Crippen LogP contribution in [0.3, 0.4) is 0 Å². The normalized spacial score (nSPS) is 10.4. The van der Waals surface area contributed by atoms with Gasteiger partial charge in [0.1, 0.15) is 12.4 Å². The highest BCUT2D eigenvalue weighted by Gasteiger charge is 2.06. The van der Waals surface area contributed by atoms with Gasteiger partial charge in [0.25, 0.3) is 0 Å². The van der Waals surface area contributed by atoms with Gasteiger partial charge in [-0.2, -0.15) is 0 Å². The van der Waals surface area contributed by atoms with Crippen LogP contribution < -0.4 is 10.1 Å². The Labute approximate surface area is 144 Å². The molecule has 2 aromatic rings. The molecular formula is C14H11Br2Cl2NO. The maximum Gasteiger partial charge on any atom is 0.139 e. The van der Waals surface area contributed by atoms with Gasteiger partial charge in [0.2, 0.25) is 0 Å². The molecule has 2 nitrogen and oxygen atoms in total. The molecule has 0 heterocycles. The zero-order valence-corrected chi connectivity index (χ0v) is 15.0. The molecule has 0 aliphatic heterocycles. The average molecular weight is 440 g/mol. The van der Waals surface area contributed by atoms with E-state index in [0.29, 0.717) is 28.9 Å². The second kappa shape index (κ2) is 7.55. The quantitative estimate of drug-likeness (QED) is 0.455. The second-order valence-corrected chi connectivity index (χ2v) is 6.57. The number of hydrogen-bond donors (Lipinski definition) is 1. The number of halogens is 4. The van der Waals surface area contributed by atoms with E-state index >= 15 is 0 Å². The first-order valence-electron chi connectivity index (χ1n) is 5.83. The van der Waals surface area contributed by atoms with Gasteiger partial charge in [0.15, 0.2) is 0 Å². The molecule has 0 atom stereocenters. The molecule has 0 fully saturated rings. The Bertz CT molecular complexity index is 608. The molecule has 20 heavy (non-hydrogen) atoms. The number of ether oxygens (including phenoxy) is 1. The minimum atomic E-state index is 0.490. The summed E-state index contributed by atoms with van der Waals surface area (Å²) in [5.41, 5.74) is 1.03. The van der Waals surface area contributed by atoms with E-state index in [1.165, 1.54) is 0 Å². The Balaban J connectivity index is 1.86. The van der Waals surface area contributed by atoms with Crippen LogP contribution in [0.4, 0.5) is 5.69 Å². The molecular weight excluding hydrogens is 429 g/mol. The third-order valence-electron chi connectivity index (χ3n) is 2.49. The van der Waals surface area contributed by atoms with Crippen LogP contribution in [0.15, 0.2) is 45.3 Å². The molecule has 2 aromatic carbocycles. The van der Waals surface area contributed by atoms with Gasteiger partial charge < -0.3 is 10.1 Å². The molecule has 0 spiro atoms. The van der Waals surface area contributed by atoms with Gasteiger partial charge in [-0.25, -0.2) is 0 Å². The first-order valence-corrected chi connectivity index (χ1v) is 8.17. The Morgan fingerprint density at radius 1 is 1.05 bits per heavy atom. The van der Waals surface area contributed by atoms with E-state index in [0.717, 1.165) is 14.6 Å². The van der Waals surface area contributed by atoms with Crippen LogP contribution in [0.1, 0.15) is 0 Å². The predicted molar refractivity (Wildman–Crippen MR) is 92.3 cm³/mol. The molecule has 0 aromatic heterocycles. The fourth-order valence-corrected chi connectivity index (χ4v) is 2.82. The molecule has 1 N–H and O–H groups in total. The lowest BCUT2D eigenvalue weighted by molar-refractivity contribution is 0.333. The van der Waals surface area contributed by atoms with E-state index < -0.39 is 0 Å². The Kier molecular flexibility index (Phi) is 6.02. The van der Waals surface area contributed by atoms with E-state index in [4.69, 9.17) is 27.9 Å². The van der Waals surface area contributed by atoms with Crippen LogP contribution in [0.5, 0.6) is 5.75 Å². The van der Waals surface area contributed by atoms with Crippen molar-refractivity contribution in [1.29, 1.82) is 0 Å². The number of benzene rings is 2. The van der Waals surface area contributed by atoms with Gasteiger partial charge >= 0.3 is 0 Å². The Morgan fingerprint density at radius 2 is 1.85 bits per heavy atom. The predicted octanol–water partition coefficient (Wildman–Crippen LogP) is 6.01. The van der Waals surface area contributed by atoms with Crippen LogP contribution in [-0.2, 0) is 0 Å². The summed E-state index contributed by atoms with van der Waals surface area (Å²) in [6, 6.07) is 11.4. The van der Waals surface area contributed by atoms with Crippen molar-refractivity contribution in [2.45, 2.75) is 0 Å². The van der Waals surface area contributed by atoms with E-state index in [1.54, 1.807) is 12.1 Å². The highest BCUT2D eigenvalue weighted by Crippen LogP contribution is 2.33. The number of rotatable bonds is 5. The summed E-state index contributed by atoms with van der Waals surface area (Å²) >= 11 is 18.8. The monoisotopic (exact) mass is 437 g/mol. The SMILES string of the molecule is Clc1cc(OCCNc2cccc(Br)c2)c(Cl)cc1Br. The summed E-state index contributed by atoms with van der Waals surface area (Å²) in [6.07, 6.45) is 0. The van der Waals surface area contributed by atoms with Crippen molar-refractivity contribution < 1.29 is 4.74 Å². The molecule has 0 aliphatic carbocycles. The van der Waals surface area contributed by atoms with Crippen LogP contribution >= 0.6 is 55.1 Å². The van der Waals surface area contributed by atoms with Crippen molar-refractivity contribution in [2.24, 2.45) is 0 Å². The number of hydrogen-bond acceptors (Lipinski definition) is 2. The van der Waals surface area contributed by atoms with Gasteiger partial charge in [-0.3, -0.25) is 0 Å². The maximum absolute atomic E-state index is 6.08. The highest BCUT2D eigenvalue weighted by molar-refractivity contribution is 9.10. The van der Waals surface area contributed by atoms with Crippen molar-refractivity contribution >= 4 is 60.7 Å². The first-order chi connectivity index (χ1) is 9.56. The van der Waals surface area contributed by atoms with Crippen LogP contribution in [0.25, 0.3) is 0 Å². The fourth-order valence-electron chi connectivity index (χ4n) is 1.57. The fraction of sp³-hybridized carbons (Fsp3) is 0.143. The minimum absolute atomic E-state index is 0.490. The maximum atomic E-state index is 6.08. The van der Waals surface area contributed by atoms with Gasteiger partial charge in [-0.05, 0) is 40.2 Å². The molecule has 0 unspecified atom stereocenters. The molecule has 6 heteroatoms. The highest BCUT2D eigenvalue weighted by atomic mass is 79.9. The summed E-state index contributed by atoms with van der Waals surface area (Å²) in [5, 5.41) is 4.37. The topological polar surface area (TPSA) is 21.3 Å². The summed E-state index contributed by atoms with van der Waals surface area (Å²) in [5.74, 6) is 0.580. The zero-order chi connectivity index (χ0) is 14.5. The Hall–Kier alpha value is -0.420. The smallest absolute Gasteiger partial charge is 0.139 e. The number of anilines is 1. The Morgan fingerprint density at radius 3 is 2.60 bits per heavy atom. The third-order valence-corrected chi connectivity index (χ3v) is 4.47. The lowest BCUT2D eigenvalue weighted by atomic mass is 10.3. The summed E-state index contributed by atoms with van der Waals surface area (Å²) in [6.45, 7) is 1.16. The van der Waals surface area contributed by atoms with E-state index in [2.05, 4.69) is 37.2 Å². The van der Waals surface area contributed by atoms with Gasteiger partial charge in [-0.1, -0.05) is 45.2 Å². The zero-order valence-electron chi connectivity index (χ0n) is 10.3. The molecule has 0 radical (unpaired) electrons. The first kappa shape index (κ1) is 16.0. The van der Waals surface area contributed by atoms with Crippen molar-refractivity contribution in [1.82, 2.24) is 0 Å². The lowest BCUT2D eigenvalue weighted by Crippen LogP contribution is -2.11. The largest absolute Gasteiger partial charge is 0.490 e. The second-order valence-electron chi connectivity index (χ2n) is 3.98. The molecule has 0 saturated heterocycles. The average Bonchev–Trinajstić information content (AvgIpc) is 2.40. The molecule has 106 valence electrons. The van der Waals surface area contributed by atoms with Gasteiger partial charge in [0.05, 0.1) is 10.0 Å². The van der Waals surface area contributed by atoms with Gasteiger partial charge in [-0.15, -0.1) is 0 Å². The van der Waals surface area contributed by atoms with Crippen LogP contribution in [0.2, 0.25) is 10.0 Å². The van der Waals surface area contributed by atoms with Crippen molar-refractivity contribution in [2.75, 3.05) is 18.5 Å². The summed E-state index contributed by atoms with van der Waals surface area (Å²) < 4.78 is 7.40. The van der Waals surface area contributed by atoms with E-state index in [1.807, 2.05) is 24.3 Å². The van der Waals surface area contributed by atoms with Crippen LogP contribution in [-0.4, -0.2) is 13.2 Å². The van der Waals surface area contributed by atoms with Crippen molar-refractivity contribution in [3.63, 3.8) is 0 Å². The van der Waals surface area contributed by atoms with Crippen molar-refractivity contribution in [3.8, 4) is 5.75 Å². The van der Waals surface area contributed by atoms with Crippen molar-refractivity contribution in [3.05, 3.63) is 55.4 Å². The van der Waals surface area contributed by atoms with Crippen LogP contribution in [0, 0.1) is 0 Å². The minimum Gasteiger partial charge on any atom is -0.490 e. The molecule has 0 amide bonds. The van der Waals surface area contributed by atoms with E-state index in [-0.39, 0.29) is 0 Å². The standard InChI is InChI=1S/C14H11Br2Cl2NO/c15-9-2-1-3-10(6-9)19-4-5-20-14-8-12(17)11(16)7-13(14)18/h1-3,6-8,19H,4-5H2. The lowest BCUT2D eigenvalue weighted by Gasteiger charge is -2.11. The summed E-state index contributed by atoms with van der Waals surface area (Å²) in [7, 11) is 0. The van der Waals surface area contributed by atoms with Gasteiger partial charge in [0, 0.05) is 27.2 Å².